The fourth-order valence-corrected chi connectivity index (χ4v) is 6.42. The Kier molecular flexibility index (Phi) is 6.36. The Morgan fingerprint density at radius 3 is 2.53 bits per heavy atom. The van der Waals surface area contributed by atoms with Crippen LogP contribution in [0.15, 0.2) is 53.7 Å². The van der Waals surface area contributed by atoms with Crippen LogP contribution in [0, 0.1) is 5.92 Å². The van der Waals surface area contributed by atoms with Crippen LogP contribution >= 0.6 is 0 Å². The summed E-state index contributed by atoms with van der Waals surface area (Å²) in [5.74, 6) is 0.342. The van der Waals surface area contributed by atoms with Crippen molar-refractivity contribution in [2.24, 2.45) is 5.92 Å². The molecule has 178 valence electrons. The van der Waals surface area contributed by atoms with E-state index in [-0.39, 0.29) is 16.8 Å². The van der Waals surface area contributed by atoms with Gasteiger partial charge in [0.2, 0.25) is 10.0 Å². The Labute approximate surface area is 200 Å². The van der Waals surface area contributed by atoms with Gasteiger partial charge in [0.25, 0.3) is 5.91 Å². The predicted molar refractivity (Wildman–Crippen MR) is 132 cm³/mol. The maximum Gasteiger partial charge on any atom is 0.252 e. The number of nitrogens with zero attached hydrogens (tertiary/aromatic N) is 3. The van der Waals surface area contributed by atoms with Gasteiger partial charge in [-0.05, 0) is 68.0 Å². The van der Waals surface area contributed by atoms with Crippen LogP contribution in [-0.2, 0) is 10.0 Å². The third-order valence-corrected chi connectivity index (χ3v) is 8.95. The fraction of sp³-hybridized carbons (Fsp3) is 0.423. The van der Waals surface area contributed by atoms with Gasteiger partial charge in [-0.3, -0.25) is 9.78 Å². The molecule has 1 amide bonds. The smallest absolute Gasteiger partial charge is 0.252 e. The lowest BCUT2D eigenvalue weighted by Gasteiger charge is -2.29. The molecule has 3 aromatic rings. The van der Waals surface area contributed by atoms with Crippen LogP contribution in [0.2, 0.25) is 0 Å². The van der Waals surface area contributed by atoms with Crippen molar-refractivity contribution in [2.75, 3.05) is 13.1 Å². The molecule has 1 aliphatic heterocycles. The highest BCUT2D eigenvalue weighted by molar-refractivity contribution is 7.89. The van der Waals surface area contributed by atoms with Crippen LogP contribution in [0.25, 0.3) is 22.2 Å². The topological polar surface area (TPSA) is 92.3 Å². The number of carbonyl (C=O) groups excluding carboxylic acids is 1. The molecule has 2 fully saturated rings. The first-order valence-corrected chi connectivity index (χ1v) is 13.5. The van der Waals surface area contributed by atoms with Gasteiger partial charge in [-0.2, -0.15) is 4.31 Å². The average molecular weight is 479 g/mol. The summed E-state index contributed by atoms with van der Waals surface area (Å²) in [6.45, 7) is 3.20. The molecule has 1 saturated heterocycles. The van der Waals surface area contributed by atoms with E-state index in [9.17, 15) is 13.2 Å². The molecule has 1 N–H and O–H groups in total. The molecule has 5 rings (SSSR count). The zero-order chi connectivity index (χ0) is 23.7. The minimum atomic E-state index is -3.64. The third-order valence-electron chi connectivity index (χ3n) is 7.05. The van der Waals surface area contributed by atoms with Crippen molar-refractivity contribution < 1.29 is 13.2 Å². The van der Waals surface area contributed by atoms with E-state index in [0.717, 1.165) is 44.1 Å². The molecule has 0 spiro atoms. The van der Waals surface area contributed by atoms with E-state index in [1.54, 1.807) is 41.0 Å². The van der Waals surface area contributed by atoms with E-state index in [1.807, 2.05) is 12.1 Å². The normalized spacial score (nSPS) is 18.4. The van der Waals surface area contributed by atoms with Crippen molar-refractivity contribution in [1.82, 2.24) is 19.6 Å². The van der Waals surface area contributed by atoms with Gasteiger partial charge in [-0.1, -0.05) is 19.8 Å². The molecule has 7 nitrogen and oxygen atoms in total. The van der Waals surface area contributed by atoms with E-state index < -0.39 is 10.0 Å². The number of pyridine rings is 2. The summed E-state index contributed by atoms with van der Waals surface area (Å²) in [5.41, 5.74) is 2.47. The van der Waals surface area contributed by atoms with Crippen LogP contribution in [0.5, 0.6) is 0 Å². The number of amides is 1. The Morgan fingerprint density at radius 2 is 1.82 bits per heavy atom. The van der Waals surface area contributed by atoms with E-state index in [0.29, 0.717) is 41.2 Å². The number of sulfonamides is 1. The molecule has 2 aromatic heterocycles. The van der Waals surface area contributed by atoms with Gasteiger partial charge in [-0.15, -0.1) is 0 Å². The van der Waals surface area contributed by atoms with E-state index in [1.165, 1.54) is 0 Å². The van der Waals surface area contributed by atoms with Crippen molar-refractivity contribution in [3.63, 3.8) is 0 Å². The number of hydrogen-bond acceptors (Lipinski definition) is 5. The third kappa shape index (κ3) is 4.57. The summed E-state index contributed by atoms with van der Waals surface area (Å²) in [7, 11) is -3.64. The number of fused-ring (bicyclic) bond motifs is 1. The predicted octanol–water partition coefficient (Wildman–Crippen LogP) is 4.39. The Bertz CT molecular complexity index is 1300. The van der Waals surface area contributed by atoms with Gasteiger partial charge in [0, 0.05) is 42.5 Å². The van der Waals surface area contributed by atoms with E-state index in [2.05, 4.69) is 17.2 Å². The Hall–Kier alpha value is -2.84. The summed E-state index contributed by atoms with van der Waals surface area (Å²) in [6, 6.07) is 10.6. The van der Waals surface area contributed by atoms with Gasteiger partial charge in [-0.25, -0.2) is 13.4 Å². The maximum absolute atomic E-state index is 13.4. The first-order valence-electron chi connectivity index (χ1n) is 12.1. The highest BCUT2D eigenvalue weighted by Crippen LogP contribution is 2.30. The van der Waals surface area contributed by atoms with Crippen LogP contribution in [0.1, 0.15) is 55.8 Å². The molecule has 0 atom stereocenters. The maximum atomic E-state index is 13.4. The lowest BCUT2D eigenvalue weighted by Crippen LogP contribution is -2.37. The second-order valence-corrected chi connectivity index (χ2v) is 11.5. The molecule has 1 saturated carbocycles. The molecule has 3 heterocycles. The molecular weight excluding hydrogens is 448 g/mol. The number of nitrogens with one attached hydrogen (secondary N) is 1. The van der Waals surface area contributed by atoms with Crippen molar-refractivity contribution in [3.8, 4) is 11.3 Å². The van der Waals surface area contributed by atoms with Gasteiger partial charge >= 0.3 is 0 Å². The number of benzene rings is 1. The lowest BCUT2D eigenvalue weighted by molar-refractivity contribution is 0.0939. The summed E-state index contributed by atoms with van der Waals surface area (Å²) in [5, 5.41) is 3.70. The zero-order valence-corrected chi connectivity index (χ0v) is 20.2. The van der Waals surface area contributed by atoms with Crippen LogP contribution in [0.3, 0.4) is 0 Å². The zero-order valence-electron chi connectivity index (χ0n) is 19.4. The fourth-order valence-electron chi connectivity index (χ4n) is 4.92. The first-order chi connectivity index (χ1) is 16.4. The van der Waals surface area contributed by atoms with Crippen LogP contribution in [-0.4, -0.2) is 47.7 Å². The summed E-state index contributed by atoms with van der Waals surface area (Å²) < 4.78 is 28.3. The molecule has 2 aliphatic rings. The van der Waals surface area contributed by atoms with Gasteiger partial charge < -0.3 is 5.32 Å². The second kappa shape index (κ2) is 9.43. The van der Waals surface area contributed by atoms with Crippen molar-refractivity contribution >= 4 is 26.8 Å². The number of carbonyl (C=O) groups is 1. The summed E-state index contributed by atoms with van der Waals surface area (Å²) in [4.78, 5) is 22.5. The summed E-state index contributed by atoms with van der Waals surface area (Å²) >= 11 is 0. The van der Waals surface area contributed by atoms with Gasteiger partial charge in [0.15, 0.2) is 0 Å². The minimum Gasteiger partial charge on any atom is -0.349 e. The van der Waals surface area contributed by atoms with Crippen molar-refractivity contribution in [3.05, 3.63) is 54.4 Å². The van der Waals surface area contributed by atoms with E-state index in [4.69, 9.17) is 4.98 Å². The largest absolute Gasteiger partial charge is 0.349 e. The van der Waals surface area contributed by atoms with Gasteiger partial charge in [0.05, 0.1) is 21.7 Å². The van der Waals surface area contributed by atoms with Crippen LogP contribution < -0.4 is 5.32 Å². The minimum absolute atomic E-state index is 0.153. The number of rotatable bonds is 5. The highest BCUT2D eigenvalue weighted by atomic mass is 32.2. The summed E-state index contributed by atoms with van der Waals surface area (Å²) in [6.07, 6.45) is 9.28. The molecule has 1 aliphatic carbocycles. The quantitative estimate of drug-likeness (QED) is 0.587. The monoisotopic (exact) mass is 478 g/mol. The Balaban J connectivity index is 1.58. The van der Waals surface area contributed by atoms with Crippen LogP contribution in [0.4, 0.5) is 0 Å². The molecule has 34 heavy (non-hydrogen) atoms. The number of piperidine rings is 1. The molecular formula is C26H30N4O3S. The average Bonchev–Trinajstić information content (AvgIpc) is 3.37. The molecule has 0 radical (unpaired) electrons. The van der Waals surface area contributed by atoms with Crippen molar-refractivity contribution in [1.29, 1.82) is 0 Å². The first kappa shape index (κ1) is 22.9. The molecule has 1 aromatic carbocycles. The highest BCUT2D eigenvalue weighted by Gasteiger charge is 2.29. The number of aromatic nitrogens is 2. The lowest BCUT2D eigenvalue weighted by atomic mass is 10.0. The van der Waals surface area contributed by atoms with Gasteiger partial charge in [0.1, 0.15) is 0 Å². The standard InChI is InChI=1S/C26H30N4O3S/c1-18-10-13-30(14-11-18)34(32,33)21-8-9-24-22(15-21)23(26(31)28-20-6-2-3-7-20)16-25(29-24)19-5-4-12-27-17-19/h4-5,8-9,12,15-18,20H,2-3,6-7,10-11,13-14H2,1H3,(H,28,31). The van der Waals surface area contributed by atoms with Crippen molar-refractivity contribution in [2.45, 2.75) is 56.4 Å². The molecule has 0 unspecified atom stereocenters. The second-order valence-electron chi connectivity index (χ2n) is 9.52. The number of hydrogen-bond donors (Lipinski definition) is 1. The molecule has 0 bridgehead atoms. The SMILES string of the molecule is CC1CCN(S(=O)(=O)c2ccc3nc(-c4cccnc4)cc(C(=O)NC4CCCC4)c3c2)CC1. The molecule has 8 heteroatoms. The Morgan fingerprint density at radius 1 is 1.06 bits per heavy atom. The van der Waals surface area contributed by atoms with E-state index >= 15 is 0 Å².